The van der Waals surface area contributed by atoms with Crippen LogP contribution in [0.2, 0.25) is 0 Å². The molecule has 1 unspecified atom stereocenters. The normalized spacial score (nSPS) is 12.8. The Labute approximate surface area is 118 Å². The van der Waals surface area contributed by atoms with Crippen molar-refractivity contribution in [3.63, 3.8) is 0 Å². The van der Waals surface area contributed by atoms with Crippen molar-refractivity contribution in [2.24, 2.45) is 5.73 Å². The molecule has 0 saturated heterocycles. The average molecular weight is 266 g/mol. The van der Waals surface area contributed by atoms with E-state index in [2.05, 4.69) is 40.4 Å². The molecule has 0 aliphatic heterocycles. The van der Waals surface area contributed by atoms with E-state index in [1.54, 1.807) is 0 Å². The molecule has 4 heteroatoms. The molecule has 0 amide bonds. The Balaban J connectivity index is 1.96. The number of nitrogens with zero attached hydrogens (tertiary/aromatic N) is 3. The Bertz CT molecular complexity index is 740. The number of benzene rings is 2. The molecule has 1 aromatic heterocycles. The first-order valence-electron chi connectivity index (χ1n) is 6.76. The zero-order valence-electron chi connectivity index (χ0n) is 11.7. The summed E-state index contributed by atoms with van der Waals surface area (Å²) in [5.41, 5.74) is 7.53. The van der Waals surface area contributed by atoms with E-state index in [0.29, 0.717) is 6.54 Å². The largest absolute Gasteiger partial charge is 0.322 e. The van der Waals surface area contributed by atoms with Gasteiger partial charge in [0.25, 0.3) is 0 Å². The molecule has 20 heavy (non-hydrogen) atoms. The van der Waals surface area contributed by atoms with E-state index in [9.17, 15) is 0 Å². The highest BCUT2D eigenvalue weighted by molar-refractivity contribution is 5.86. The van der Waals surface area contributed by atoms with E-state index in [-0.39, 0.29) is 6.04 Å². The van der Waals surface area contributed by atoms with E-state index in [1.807, 2.05) is 30.7 Å². The predicted molar refractivity (Wildman–Crippen MR) is 80.4 cm³/mol. The highest BCUT2D eigenvalue weighted by Gasteiger charge is 2.12. The van der Waals surface area contributed by atoms with Crippen LogP contribution in [0.25, 0.3) is 10.8 Å². The van der Waals surface area contributed by atoms with Crippen LogP contribution in [0.1, 0.15) is 23.3 Å². The van der Waals surface area contributed by atoms with Crippen molar-refractivity contribution in [1.82, 2.24) is 14.8 Å². The molecule has 0 saturated carbocycles. The summed E-state index contributed by atoms with van der Waals surface area (Å²) in [5.74, 6) is 1.69. The monoisotopic (exact) mass is 266 g/mol. The summed E-state index contributed by atoms with van der Waals surface area (Å²) < 4.78 is 1.88. The van der Waals surface area contributed by atoms with Gasteiger partial charge in [-0.1, -0.05) is 42.5 Å². The van der Waals surface area contributed by atoms with Gasteiger partial charge in [0.15, 0.2) is 0 Å². The predicted octanol–water partition coefficient (Wildman–Crippen LogP) is 2.75. The maximum absolute atomic E-state index is 6.38. The summed E-state index contributed by atoms with van der Waals surface area (Å²) in [6.45, 7) is 4.49. The fourth-order valence-electron chi connectivity index (χ4n) is 2.59. The standard InChI is InChI=1S/C16H18N4/c1-11-18-12(2)20(19-11)10-16(17)15-9-5-7-13-6-3-4-8-14(13)15/h3-9,16H,10,17H2,1-2H3. The van der Waals surface area contributed by atoms with Gasteiger partial charge in [-0.05, 0) is 30.2 Å². The zero-order chi connectivity index (χ0) is 14.1. The van der Waals surface area contributed by atoms with Gasteiger partial charge in [0.2, 0.25) is 0 Å². The second-order valence-corrected chi connectivity index (χ2v) is 5.06. The molecule has 3 rings (SSSR count). The van der Waals surface area contributed by atoms with Crippen molar-refractivity contribution >= 4 is 10.8 Å². The molecule has 4 nitrogen and oxygen atoms in total. The highest BCUT2D eigenvalue weighted by Crippen LogP contribution is 2.24. The molecule has 2 N–H and O–H groups in total. The smallest absolute Gasteiger partial charge is 0.147 e. The Hall–Kier alpha value is -2.20. The topological polar surface area (TPSA) is 56.7 Å². The number of nitrogens with two attached hydrogens (primary N) is 1. The van der Waals surface area contributed by atoms with Crippen molar-refractivity contribution in [1.29, 1.82) is 0 Å². The van der Waals surface area contributed by atoms with Gasteiger partial charge in [-0.25, -0.2) is 9.67 Å². The van der Waals surface area contributed by atoms with Crippen LogP contribution in [0.5, 0.6) is 0 Å². The molecule has 0 bridgehead atoms. The number of aromatic nitrogens is 3. The number of hydrogen-bond acceptors (Lipinski definition) is 3. The first-order chi connectivity index (χ1) is 9.65. The second kappa shape index (κ2) is 5.06. The third-order valence-corrected chi connectivity index (χ3v) is 3.56. The molecule has 0 radical (unpaired) electrons. The zero-order valence-corrected chi connectivity index (χ0v) is 11.7. The number of rotatable bonds is 3. The Morgan fingerprint density at radius 2 is 1.85 bits per heavy atom. The SMILES string of the molecule is Cc1nc(C)n(CC(N)c2cccc3ccccc23)n1. The second-order valence-electron chi connectivity index (χ2n) is 5.06. The van der Waals surface area contributed by atoms with Crippen LogP contribution in [-0.2, 0) is 6.54 Å². The van der Waals surface area contributed by atoms with Crippen LogP contribution < -0.4 is 5.73 Å². The maximum Gasteiger partial charge on any atom is 0.147 e. The van der Waals surface area contributed by atoms with Gasteiger partial charge in [0.1, 0.15) is 11.6 Å². The summed E-state index contributed by atoms with van der Waals surface area (Å²) in [4.78, 5) is 4.32. The molecular formula is C16H18N4. The van der Waals surface area contributed by atoms with Gasteiger partial charge in [-0.15, -0.1) is 0 Å². The van der Waals surface area contributed by atoms with Gasteiger partial charge >= 0.3 is 0 Å². The number of hydrogen-bond donors (Lipinski definition) is 1. The molecule has 3 aromatic rings. The Kier molecular flexibility index (Phi) is 3.24. The van der Waals surface area contributed by atoms with Gasteiger partial charge in [0, 0.05) is 0 Å². The van der Waals surface area contributed by atoms with E-state index >= 15 is 0 Å². The van der Waals surface area contributed by atoms with Gasteiger partial charge < -0.3 is 5.73 Å². The van der Waals surface area contributed by atoms with Crippen molar-refractivity contribution in [3.8, 4) is 0 Å². The highest BCUT2D eigenvalue weighted by atomic mass is 15.3. The summed E-state index contributed by atoms with van der Waals surface area (Å²) in [6, 6.07) is 14.5. The van der Waals surface area contributed by atoms with Crippen LogP contribution >= 0.6 is 0 Å². The number of fused-ring (bicyclic) bond motifs is 1. The fraction of sp³-hybridized carbons (Fsp3) is 0.250. The maximum atomic E-state index is 6.38. The summed E-state index contributed by atoms with van der Waals surface area (Å²) in [7, 11) is 0. The van der Waals surface area contributed by atoms with E-state index in [4.69, 9.17) is 5.73 Å². The lowest BCUT2D eigenvalue weighted by molar-refractivity contribution is 0.515. The lowest BCUT2D eigenvalue weighted by Crippen LogP contribution is -2.19. The van der Waals surface area contributed by atoms with Crippen molar-refractivity contribution in [2.75, 3.05) is 0 Å². The van der Waals surface area contributed by atoms with Crippen LogP contribution in [0, 0.1) is 13.8 Å². The summed E-state index contributed by atoms with van der Waals surface area (Å²) in [5, 5.41) is 6.80. The third kappa shape index (κ3) is 2.30. The Morgan fingerprint density at radius 1 is 1.10 bits per heavy atom. The van der Waals surface area contributed by atoms with E-state index in [0.717, 1.165) is 17.2 Å². The molecule has 0 aliphatic carbocycles. The molecule has 0 fully saturated rings. The first kappa shape index (κ1) is 12.8. The molecule has 2 aromatic carbocycles. The van der Waals surface area contributed by atoms with Gasteiger partial charge in [0.05, 0.1) is 12.6 Å². The van der Waals surface area contributed by atoms with Crippen LogP contribution in [0.3, 0.4) is 0 Å². The molecule has 1 heterocycles. The van der Waals surface area contributed by atoms with Crippen LogP contribution in [0.4, 0.5) is 0 Å². The van der Waals surface area contributed by atoms with Crippen molar-refractivity contribution < 1.29 is 0 Å². The molecule has 0 spiro atoms. The minimum absolute atomic E-state index is 0.0964. The molecular weight excluding hydrogens is 248 g/mol. The van der Waals surface area contributed by atoms with Crippen molar-refractivity contribution in [3.05, 3.63) is 59.7 Å². The van der Waals surface area contributed by atoms with Crippen LogP contribution in [-0.4, -0.2) is 14.8 Å². The fourth-order valence-corrected chi connectivity index (χ4v) is 2.59. The average Bonchev–Trinajstić information content (AvgIpc) is 2.76. The number of aryl methyl sites for hydroxylation is 2. The minimum Gasteiger partial charge on any atom is -0.322 e. The first-order valence-corrected chi connectivity index (χ1v) is 6.76. The summed E-state index contributed by atoms with van der Waals surface area (Å²) in [6.07, 6.45) is 0. The minimum atomic E-state index is -0.0964. The van der Waals surface area contributed by atoms with Gasteiger partial charge in [-0.3, -0.25) is 0 Å². The van der Waals surface area contributed by atoms with E-state index < -0.39 is 0 Å². The third-order valence-electron chi connectivity index (χ3n) is 3.56. The van der Waals surface area contributed by atoms with Gasteiger partial charge in [-0.2, -0.15) is 5.10 Å². The lowest BCUT2D eigenvalue weighted by atomic mass is 9.99. The molecule has 102 valence electrons. The van der Waals surface area contributed by atoms with Crippen LogP contribution in [0.15, 0.2) is 42.5 Å². The quantitative estimate of drug-likeness (QED) is 0.793. The molecule has 0 aliphatic rings. The summed E-state index contributed by atoms with van der Waals surface area (Å²) >= 11 is 0. The molecule has 1 atom stereocenters. The Morgan fingerprint density at radius 3 is 2.60 bits per heavy atom. The van der Waals surface area contributed by atoms with E-state index in [1.165, 1.54) is 10.8 Å². The lowest BCUT2D eigenvalue weighted by Gasteiger charge is -2.15. The van der Waals surface area contributed by atoms with Crippen molar-refractivity contribution in [2.45, 2.75) is 26.4 Å².